The van der Waals surface area contributed by atoms with Crippen LogP contribution in [0, 0.1) is 5.92 Å². The number of hydrogen-bond donors (Lipinski definition) is 0. The SMILES string of the molecule is O=C(c1ccc(Cl)s1)N1CCCN([C@H]2CCN(CC3CC3)C2=O)CC1. The van der Waals surface area contributed by atoms with Crippen LogP contribution in [0.2, 0.25) is 4.34 Å². The average Bonchev–Trinajstić information content (AvgIpc) is 3.28. The zero-order valence-corrected chi connectivity index (χ0v) is 15.9. The van der Waals surface area contributed by atoms with Crippen molar-refractivity contribution < 1.29 is 9.59 Å². The molecule has 1 atom stereocenters. The van der Waals surface area contributed by atoms with Crippen LogP contribution in [-0.2, 0) is 4.79 Å². The lowest BCUT2D eigenvalue weighted by atomic mass is 10.2. The summed E-state index contributed by atoms with van der Waals surface area (Å²) in [6.07, 6.45) is 4.40. The maximum Gasteiger partial charge on any atom is 0.264 e. The van der Waals surface area contributed by atoms with Crippen molar-refractivity contribution in [2.75, 3.05) is 39.3 Å². The molecule has 0 N–H and O–H groups in total. The molecule has 0 aromatic carbocycles. The molecule has 25 heavy (non-hydrogen) atoms. The summed E-state index contributed by atoms with van der Waals surface area (Å²) in [6, 6.07) is 3.59. The highest BCUT2D eigenvalue weighted by Crippen LogP contribution is 2.32. The van der Waals surface area contributed by atoms with Crippen LogP contribution in [0.1, 0.15) is 35.4 Å². The lowest BCUT2D eigenvalue weighted by molar-refractivity contribution is -0.132. The summed E-state index contributed by atoms with van der Waals surface area (Å²) in [4.78, 5) is 32.3. The molecule has 3 fully saturated rings. The van der Waals surface area contributed by atoms with Gasteiger partial charge in [0.2, 0.25) is 5.91 Å². The first-order valence-corrected chi connectivity index (χ1v) is 10.4. The molecule has 4 rings (SSSR count). The second-order valence-corrected chi connectivity index (χ2v) is 9.03. The summed E-state index contributed by atoms with van der Waals surface area (Å²) in [5.74, 6) is 1.11. The van der Waals surface area contributed by atoms with Gasteiger partial charge in [0.1, 0.15) is 0 Å². The molecule has 3 heterocycles. The Balaban J connectivity index is 1.35. The Morgan fingerprint density at radius 1 is 1.12 bits per heavy atom. The van der Waals surface area contributed by atoms with Gasteiger partial charge in [-0.25, -0.2) is 0 Å². The fraction of sp³-hybridized carbons (Fsp3) is 0.667. The lowest BCUT2D eigenvalue weighted by Gasteiger charge is -2.26. The van der Waals surface area contributed by atoms with Gasteiger partial charge in [-0.2, -0.15) is 0 Å². The Bertz CT molecular complexity index is 661. The third-order valence-corrected chi connectivity index (χ3v) is 6.71. The van der Waals surface area contributed by atoms with Crippen molar-refractivity contribution in [3.05, 3.63) is 21.3 Å². The van der Waals surface area contributed by atoms with E-state index < -0.39 is 0 Å². The van der Waals surface area contributed by atoms with Crippen LogP contribution < -0.4 is 0 Å². The highest BCUT2D eigenvalue weighted by atomic mass is 35.5. The molecule has 0 radical (unpaired) electrons. The number of likely N-dealkylation sites (tertiary alicyclic amines) is 1. The number of carbonyl (C=O) groups excluding carboxylic acids is 2. The maximum atomic E-state index is 12.7. The number of hydrogen-bond acceptors (Lipinski definition) is 4. The van der Waals surface area contributed by atoms with Crippen molar-refractivity contribution in [3.63, 3.8) is 0 Å². The smallest absolute Gasteiger partial charge is 0.264 e. The van der Waals surface area contributed by atoms with E-state index in [2.05, 4.69) is 9.80 Å². The molecule has 2 aliphatic heterocycles. The molecule has 0 spiro atoms. The molecule has 0 unspecified atom stereocenters. The van der Waals surface area contributed by atoms with Crippen molar-refractivity contribution in [1.29, 1.82) is 0 Å². The van der Waals surface area contributed by atoms with Crippen LogP contribution in [0.3, 0.4) is 0 Å². The summed E-state index contributed by atoms with van der Waals surface area (Å²) in [5, 5.41) is 0. The first-order valence-electron chi connectivity index (χ1n) is 9.19. The van der Waals surface area contributed by atoms with E-state index in [1.54, 1.807) is 12.1 Å². The van der Waals surface area contributed by atoms with Gasteiger partial charge in [-0.1, -0.05) is 11.6 Å². The number of carbonyl (C=O) groups is 2. The van der Waals surface area contributed by atoms with Crippen molar-refractivity contribution in [1.82, 2.24) is 14.7 Å². The number of amides is 2. The second kappa shape index (κ2) is 7.25. The monoisotopic (exact) mass is 381 g/mol. The molecule has 1 saturated carbocycles. The van der Waals surface area contributed by atoms with Gasteiger partial charge in [-0.05, 0) is 43.7 Å². The molecule has 1 aromatic heterocycles. The molecule has 3 aliphatic rings. The minimum Gasteiger partial charge on any atom is -0.341 e. The quantitative estimate of drug-likeness (QED) is 0.805. The largest absolute Gasteiger partial charge is 0.341 e. The van der Waals surface area contributed by atoms with E-state index in [0.717, 1.165) is 51.5 Å². The van der Waals surface area contributed by atoms with Crippen molar-refractivity contribution >= 4 is 34.8 Å². The highest BCUT2D eigenvalue weighted by Gasteiger charge is 2.38. The van der Waals surface area contributed by atoms with Gasteiger partial charge in [0.15, 0.2) is 0 Å². The van der Waals surface area contributed by atoms with E-state index in [1.807, 2.05) is 4.90 Å². The van der Waals surface area contributed by atoms with E-state index in [-0.39, 0.29) is 11.9 Å². The van der Waals surface area contributed by atoms with Crippen LogP contribution in [0.5, 0.6) is 0 Å². The van der Waals surface area contributed by atoms with Crippen LogP contribution >= 0.6 is 22.9 Å². The van der Waals surface area contributed by atoms with Crippen molar-refractivity contribution in [2.45, 2.75) is 31.7 Å². The number of thiophene rings is 1. The second-order valence-electron chi connectivity index (χ2n) is 7.32. The van der Waals surface area contributed by atoms with Crippen LogP contribution in [0.25, 0.3) is 0 Å². The zero-order chi connectivity index (χ0) is 17.4. The van der Waals surface area contributed by atoms with Gasteiger partial charge >= 0.3 is 0 Å². The first kappa shape index (κ1) is 17.3. The van der Waals surface area contributed by atoms with Gasteiger partial charge < -0.3 is 9.80 Å². The van der Waals surface area contributed by atoms with Crippen LogP contribution in [0.4, 0.5) is 0 Å². The standard InChI is InChI=1S/C18H24ClN3O2S/c19-16-5-4-15(25-16)18(24)21-8-1-7-20(10-11-21)14-6-9-22(17(14)23)12-13-2-3-13/h4-5,13-14H,1-3,6-12H2/t14-/m0/s1. The third-order valence-electron chi connectivity index (χ3n) is 5.49. The first-order chi connectivity index (χ1) is 12.1. The van der Waals surface area contributed by atoms with Crippen molar-refractivity contribution in [3.8, 4) is 0 Å². The Labute approximate surface area is 157 Å². The summed E-state index contributed by atoms with van der Waals surface area (Å²) < 4.78 is 0.645. The minimum atomic E-state index is 0.0185. The van der Waals surface area contributed by atoms with Crippen LogP contribution in [-0.4, -0.2) is 71.8 Å². The van der Waals surface area contributed by atoms with Crippen LogP contribution in [0.15, 0.2) is 12.1 Å². The van der Waals surface area contributed by atoms with E-state index in [0.29, 0.717) is 21.7 Å². The average molecular weight is 382 g/mol. The Morgan fingerprint density at radius 2 is 1.96 bits per heavy atom. The normalized spacial score (nSPS) is 25.5. The van der Waals surface area contributed by atoms with Crippen molar-refractivity contribution in [2.24, 2.45) is 5.92 Å². The van der Waals surface area contributed by atoms with E-state index in [4.69, 9.17) is 11.6 Å². The number of halogens is 1. The Morgan fingerprint density at radius 3 is 2.68 bits per heavy atom. The number of nitrogens with zero attached hydrogens (tertiary/aromatic N) is 3. The predicted molar refractivity (Wildman–Crippen MR) is 99.1 cm³/mol. The molecular formula is C18H24ClN3O2S. The van der Waals surface area contributed by atoms with E-state index in [1.165, 1.54) is 24.2 Å². The molecule has 1 aromatic rings. The highest BCUT2D eigenvalue weighted by molar-refractivity contribution is 7.17. The maximum absolute atomic E-state index is 12.7. The van der Waals surface area contributed by atoms with Gasteiger partial charge in [-0.3, -0.25) is 14.5 Å². The number of rotatable bonds is 4. The molecular weight excluding hydrogens is 358 g/mol. The minimum absolute atomic E-state index is 0.0185. The van der Waals surface area contributed by atoms with Gasteiger partial charge in [0, 0.05) is 39.3 Å². The summed E-state index contributed by atoms with van der Waals surface area (Å²) in [6.45, 7) is 4.94. The fourth-order valence-electron chi connectivity index (χ4n) is 3.89. The lowest BCUT2D eigenvalue weighted by Crippen LogP contribution is -2.44. The molecule has 136 valence electrons. The Hall–Kier alpha value is -1.11. The summed E-state index contributed by atoms with van der Waals surface area (Å²) in [5.41, 5.74) is 0. The molecule has 5 nitrogen and oxygen atoms in total. The van der Waals surface area contributed by atoms with Gasteiger partial charge in [0.05, 0.1) is 15.3 Å². The summed E-state index contributed by atoms with van der Waals surface area (Å²) >= 11 is 7.29. The third kappa shape index (κ3) is 3.86. The zero-order valence-electron chi connectivity index (χ0n) is 14.3. The fourth-order valence-corrected chi connectivity index (χ4v) is 4.90. The Kier molecular flexibility index (Phi) is 5.02. The summed E-state index contributed by atoms with van der Waals surface area (Å²) in [7, 11) is 0. The molecule has 2 saturated heterocycles. The van der Waals surface area contributed by atoms with Gasteiger partial charge in [0.25, 0.3) is 5.91 Å². The molecule has 7 heteroatoms. The van der Waals surface area contributed by atoms with E-state index >= 15 is 0 Å². The topological polar surface area (TPSA) is 43.9 Å². The predicted octanol–water partition coefficient (Wildman–Crippen LogP) is 2.56. The molecule has 1 aliphatic carbocycles. The molecule has 2 amide bonds. The van der Waals surface area contributed by atoms with Gasteiger partial charge in [-0.15, -0.1) is 11.3 Å². The molecule has 0 bridgehead atoms. The van der Waals surface area contributed by atoms with E-state index in [9.17, 15) is 9.59 Å².